The molecule has 9 nitrogen and oxygen atoms in total. The Balaban J connectivity index is 1.18. The third kappa shape index (κ3) is 3.44. The second kappa shape index (κ2) is 8.19. The average molecular weight is 495 g/mol. The van der Waals surface area contributed by atoms with Gasteiger partial charge in [0.2, 0.25) is 5.95 Å². The van der Waals surface area contributed by atoms with Crippen molar-refractivity contribution in [3.8, 4) is 0 Å². The highest BCUT2D eigenvalue weighted by atomic mass is 19.1. The van der Waals surface area contributed by atoms with Gasteiger partial charge in [-0.1, -0.05) is 6.07 Å². The number of anilines is 1. The Morgan fingerprint density at radius 2 is 1.83 bits per heavy atom. The molecule has 5 heterocycles. The summed E-state index contributed by atoms with van der Waals surface area (Å²) in [7, 11) is 1.46. The SMILES string of the molecule is CNC(=O)c1ccc(N2CC3=C(CN(Cc4ccc5c([nH]c(=O)c6c(F)cnn65)c4F)C3)C2)c(F)n1. The number of carbonyl (C=O) groups is 1. The van der Waals surface area contributed by atoms with Gasteiger partial charge in [0.15, 0.2) is 17.2 Å². The van der Waals surface area contributed by atoms with Gasteiger partial charge >= 0.3 is 0 Å². The molecule has 2 aliphatic rings. The van der Waals surface area contributed by atoms with Gasteiger partial charge in [-0.3, -0.25) is 14.5 Å². The molecule has 0 atom stereocenters. The summed E-state index contributed by atoms with van der Waals surface area (Å²) in [6, 6.07) is 6.27. The van der Waals surface area contributed by atoms with Crippen LogP contribution in [0.3, 0.4) is 0 Å². The molecule has 1 amide bonds. The maximum Gasteiger partial charge on any atom is 0.277 e. The van der Waals surface area contributed by atoms with E-state index in [0.717, 1.165) is 21.9 Å². The molecule has 2 aliphatic heterocycles. The summed E-state index contributed by atoms with van der Waals surface area (Å²) in [4.78, 5) is 34.1. The number of aromatic amines is 1. The number of hydrogen-bond donors (Lipinski definition) is 2. The Hall–Kier alpha value is -4.19. The number of H-pyrrole nitrogens is 1. The monoisotopic (exact) mass is 495 g/mol. The number of amides is 1. The first-order valence-corrected chi connectivity index (χ1v) is 11.3. The second-order valence-corrected chi connectivity index (χ2v) is 8.93. The van der Waals surface area contributed by atoms with Crippen LogP contribution < -0.4 is 15.8 Å². The molecule has 184 valence electrons. The minimum Gasteiger partial charge on any atom is -0.360 e. The van der Waals surface area contributed by atoms with E-state index < -0.39 is 29.0 Å². The molecule has 3 aromatic heterocycles. The van der Waals surface area contributed by atoms with Crippen LogP contribution in [-0.4, -0.2) is 63.6 Å². The van der Waals surface area contributed by atoms with Crippen LogP contribution in [0.5, 0.6) is 0 Å². The van der Waals surface area contributed by atoms with Gasteiger partial charge < -0.3 is 15.2 Å². The molecule has 0 bridgehead atoms. The smallest absolute Gasteiger partial charge is 0.277 e. The molecular weight excluding hydrogens is 475 g/mol. The van der Waals surface area contributed by atoms with E-state index >= 15 is 4.39 Å². The fourth-order valence-corrected chi connectivity index (χ4v) is 5.02. The van der Waals surface area contributed by atoms with E-state index in [1.807, 2.05) is 4.90 Å². The van der Waals surface area contributed by atoms with Gasteiger partial charge in [0.25, 0.3) is 11.5 Å². The number of aromatic nitrogens is 4. The molecule has 4 aromatic rings. The largest absolute Gasteiger partial charge is 0.360 e. The number of halogens is 3. The van der Waals surface area contributed by atoms with Gasteiger partial charge in [-0.2, -0.15) is 9.49 Å². The van der Waals surface area contributed by atoms with Crippen molar-refractivity contribution >= 4 is 28.1 Å². The molecular formula is C24H20F3N7O2. The lowest BCUT2D eigenvalue weighted by atomic mass is 10.1. The van der Waals surface area contributed by atoms with E-state index in [0.29, 0.717) is 44.0 Å². The van der Waals surface area contributed by atoms with Crippen molar-refractivity contribution in [2.75, 3.05) is 38.1 Å². The Kier molecular flexibility index (Phi) is 5.07. The minimum absolute atomic E-state index is 0.0156. The highest BCUT2D eigenvalue weighted by molar-refractivity contribution is 5.92. The van der Waals surface area contributed by atoms with Crippen LogP contribution in [0.25, 0.3) is 16.6 Å². The summed E-state index contributed by atoms with van der Waals surface area (Å²) in [5.41, 5.74) is 2.24. The maximum absolute atomic E-state index is 15.3. The van der Waals surface area contributed by atoms with Crippen molar-refractivity contribution in [1.82, 2.24) is 29.8 Å². The number of nitrogens with zero attached hydrogens (tertiary/aromatic N) is 5. The van der Waals surface area contributed by atoms with Gasteiger partial charge in [-0.15, -0.1) is 0 Å². The molecule has 0 saturated carbocycles. The summed E-state index contributed by atoms with van der Waals surface area (Å²) in [5, 5.41) is 6.28. The third-order valence-electron chi connectivity index (χ3n) is 6.72. The average Bonchev–Trinajstić information content (AvgIpc) is 3.54. The number of pyridine rings is 1. The topological polar surface area (TPSA) is 98.6 Å². The molecule has 0 radical (unpaired) electrons. The molecule has 0 unspecified atom stereocenters. The van der Waals surface area contributed by atoms with Crippen LogP contribution >= 0.6 is 0 Å². The van der Waals surface area contributed by atoms with E-state index in [-0.39, 0.29) is 22.2 Å². The van der Waals surface area contributed by atoms with Crippen molar-refractivity contribution in [3.05, 3.63) is 80.8 Å². The lowest BCUT2D eigenvalue weighted by molar-refractivity contribution is 0.0957. The quantitative estimate of drug-likeness (QED) is 0.332. The zero-order chi connectivity index (χ0) is 25.1. The van der Waals surface area contributed by atoms with E-state index in [2.05, 4.69) is 25.3 Å². The van der Waals surface area contributed by atoms with E-state index in [9.17, 15) is 18.4 Å². The number of hydrogen-bond acceptors (Lipinski definition) is 6. The summed E-state index contributed by atoms with van der Waals surface area (Å²) in [6.07, 6.45) is 0.925. The number of benzene rings is 1. The fourth-order valence-electron chi connectivity index (χ4n) is 5.02. The molecule has 1 aromatic carbocycles. The molecule has 12 heteroatoms. The Morgan fingerprint density at radius 3 is 2.53 bits per heavy atom. The first-order chi connectivity index (χ1) is 17.3. The standard InChI is InChI=1S/C24H20F3N7O2/c1-28-23(35)16-3-5-18(22(27)30-16)33-10-13-8-32(9-14(13)11-33)7-12-2-4-17-20(19(12)26)31-24(36)21-15(25)6-29-34(17)21/h2-6H,7-11H2,1H3,(H,28,35)(H,31,36). The van der Waals surface area contributed by atoms with E-state index in [1.165, 1.54) is 13.1 Å². The predicted octanol–water partition coefficient (Wildman–Crippen LogP) is 1.98. The molecule has 0 fully saturated rings. The molecule has 0 aliphatic carbocycles. The van der Waals surface area contributed by atoms with Gasteiger partial charge in [-0.25, -0.2) is 18.3 Å². The third-order valence-corrected chi connectivity index (χ3v) is 6.72. The Labute approximate surface area is 201 Å². The predicted molar refractivity (Wildman–Crippen MR) is 125 cm³/mol. The highest BCUT2D eigenvalue weighted by Crippen LogP contribution is 2.32. The summed E-state index contributed by atoms with van der Waals surface area (Å²) >= 11 is 0. The van der Waals surface area contributed by atoms with Crippen LogP contribution in [0.1, 0.15) is 16.1 Å². The first kappa shape index (κ1) is 22.3. The normalized spacial score (nSPS) is 15.9. The zero-order valence-corrected chi connectivity index (χ0v) is 19.1. The lowest BCUT2D eigenvalue weighted by Crippen LogP contribution is -2.30. The van der Waals surface area contributed by atoms with Crippen LogP contribution in [-0.2, 0) is 6.54 Å². The Bertz CT molecular complexity index is 1640. The maximum atomic E-state index is 15.3. The number of nitrogens with one attached hydrogen (secondary N) is 2. The van der Waals surface area contributed by atoms with E-state index in [1.54, 1.807) is 18.2 Å². The number of rotatable bonds is 4. The van der Waals surface area contributed by atoms with Crippen molar-refractivity contribution in [3.63, 3.8) is 0 Å². The van der Waals surface area contributed by atoms with Gasteiger partial charge in [0, 0.05) is 45.3 Å². The molecule has 6 rings (SSSR count). The van der Waals surface area contributed by atoms with Gasteiger partial charge in [-0.05, 0) is 29.3 Å². The van der Waals surface area contributed by atoms with Crippen molar-refractivity contribution in [2.24, 2.45) is 0 Å². The number of carbonyl (C=O) groups excluding carboxylic acids is 1. The first-order valence-electron chi connectivity index (χ1n) is 11.3. The Morgan fingerprint density at radius 1 is 1.08 bits per heavy atom. The fraction of sp³-hybridized carbons (Fsp3) is 0.250. The van der Waals surface area contributed by atoms with Crippen molar-refractivity contribution in [1.29, 1.82) is 0 Å². The molecule has 0 saturated heterocycles. The molecule has 0 spiro atoms. The van der Waals surface area contributed by atoms with Crippen LogP contribution in [0, 0.1) is 17.6 Å². The van der Waals surface area contributed by atoms with Crippen molar-refractivity contribution < 1.29 is 18.0 Å². The van der Waals surface area contributed by atoms with Crippen molar-refractivity contribution in [2.45, 2.75) is 6.54 Å². The van der Waals surface area contributed by atoms with Gasteiger partial charge in [0.1, 0.15) is 11.2 Å². The highest BCUT2D eigenvalue weighted by Gasteiger charge is 2.32. The molecule has 2 N–H and O–H groups in total. The summed E-state index contributed by atoms with van der Waals surface area (Å²) in [6.45, 7) is 2.52. The van der Waals surface area contributed by atoms with Crippen LogP contribution in [0.4, 0.5) is 18.9 Å². The summed E-state index contributed by atoms with van der Waals surface area (Å²) < 4.78 is 44.9. The van der Waals surface area contributed by atoms with Crippen LogP contribution in [0.15, 0.2) is 46.4 Å². The van der Waals surface area contributed by atoms with E-state index in [4.69, 9.17) is 0 Å². The zero-order valence-electron chi connectivity index (χ0n) is 19.1. The van der Waals surface area contributed by atoms with Gasteiger partial charge in [0.05, 0.1) is 17.4 Å². The second-order valence-electron chi connectivity index (χ2n) is 8.93. The minimum atomic E-state index is -0.771. The summed E-state index contributed by atoms with van der Waals surface area (Å²) in [5.74, 6) is -2.51. The lowest BCUT2D eigenvalue weighted by Gasteiger charge is -2.24. The molecule has 36 heavy (non-hydrogen) atoms. The number of fused-ring (bicyclic) bond motifs is 3. The van der Waals surface area contributed by atoms with Crippen LogP contribution in [0.2, 0.25) is 0 Å².